The number of hydrogen-bond acceptors (Lipinski definition) is 4. The van der Waals surface area contributed by atoms with Crippen molar-refractivity contribution < 1.29 is 0 Å². The molecular weight excluding hydrogens is 387 g/mol. The lowest BCUT2D eigenvalue weighted by Gasteiger charge is -2.35. The molecule has 2 saturated heterocycles. The smallest absolute Gasteiger partial charge is 0.0269 e. The molecule has 0 aromatic rings. The summed E-state index contributed by atoms with van der Waals surface area (Å²) in [5, 5.41) is 3.92. The van der Waals surface area contributed by atoms with Crippen LogP contribution in [0.4, 0.5) is 0 Å². The van der Waals surface area contributed by atoms with Crippen LogP contribution in [0.1, 0.15) is 33.6 Å². The molecule has 2 heterocycles. The molecule has 3 aliphatic rings. The number of nitrogens with two attached hydrogens (primary N) is 1. The van der Waals surface area contributed by atoms with Crippen LogP contribution in [0.15, 0.2) is 0 Å². The third kappa shape index (κ3) is 3.08. The number of nitrogens with zero attached hydrogens (tertiary/aromatic N) is 2. The Labute approximate surface area is 149 Å². The monoisotopic (exact) mass is 420 g/mol. The van der Waals surface area contributed by atoms with Crippen LogP contribution in [0.25, 0.3) is 0 Å². The topological polar surface area (TPSA) is 44.5 Å². The average Bonchev–Trinajstić information content (AvgIpc) is 3.15. The van der Waals surface area contributed by atoms with Gasteiger partial charge in [0.05, 0.1) is 0 Å². The van der Waals surface area contributed by atoms with Crippen molar-refractivity contribution in [3.05, 3.63) is 0 Å². The summed E-state index contributed by atoms with van der Waals surface area (Å²) in [4.78, 5) is 5.31. The second-order valence-corrected chi connectivity index (χ2v) is 8.59. The molecule has 1 saturated carbocycles. The van der Waals surface area contributed by atoms with Gasteiger partial charge in [0.15, 0.2) is 0 Å². The summed E-state index contributed by atoms with van der Waals surface area (Å²) in [6.45, 7) is 11.8. The highest BCUT2D eigenvalue weighted by atomic mass is 127. The van der Waals surface area contributed by atoms with Crippen LogP contribution in [-0.2, 0) is 0 Å². The fourth-order valence-corrected chi connectivity index (χ4v) is 5.95. The van der Waals surface area contributed by atoms with Crippen LogP contribution in [0.2, 0.25) is 0 Å². The van der Waals surface area contributed by atoms with Gasteiger partial charge in [0, 0.05) is 54.3 Å². The van der Waals surface area contributed by atoms with E-state index >= 15 is 0 Å². The molecule has 3 rings (SSSR count). The molecule has 3 N–H and O–H groups in total. The van der Waals surface area contributed by atoms with Gasteiger partial charge in [-0.15, -0.1) is 0 Å². The zero-order chi connectivity index (χ0) is 15.9. The number of halogens is 1. The molecule has 0 amide bonds. The van der Waals surface area contributed by atoms with Gasteiger partial charge in [-0.1, -0.05) is 29.5 Å². The minimum absolute atomic E-state index is 0.436. The lowest BCUT2D eigenvalue weighted by molar-refractivity contribution is 0.148. The molecule has 2 bridgehead atoms. The summed E-state index contributed by atoms with van der Waals surface area (Å²) in [7, 11) is 0. The lowest BCUT2D eigenvalue weighted by Crippen LogP contribution is -2.51. The van der Waals surface area contributed by atoms with E-state index in [1.54, 1.807) is 0 Å². The van der Waals surface area contributed by atoms with E-state index in [9.17, 15) is 0 Å². The van der Waals surface area contributed by atoms with Crippen molar-refractivity contribution in [2.75, 3.05) is 30.6 Å². The van der Waals surface area contributed by atoms with Crippen LogP contribution in [0, 0.1) is 11.8 Å². The van der Waals surface area contributed by atoms with Crippen LogP contribution >= 0.6 is 22.6 Å². The third-order valence-electron chi connectivity index (χ3n) is 6.59. The van der Waals surface area contributed by atoms with Gasteiger partial charge >= 0.3 is 0 Å². The number of likely N-dealkylation sites (N-methyl/N-ethyl adjacent to an activating group) is 1. The van der Waals surface area contributed by atoms with Crippen molar-refractivity contribution >= 4 is 22.6 Å². The predicted molar refractivity (Wildman–Crippen MR) is 102 cm³/mol. The molecule has 5 heteroatoms. The SMILES string of the molecule is CCN1C[C@@H](CI)[C@@H](NCC(C)N2C[C@@H]3CC[C@H]2[C@H]3N)[C@H]1C. The van der Waals surface area contributed by atoms with Gasteiger partial charge in [-0.05, 0) is 45.1 Å². The predicted octanol–water partition coefficient (Wildman–Crippen LogP) is 1.53. The van der Waals surface area contributed by atoms with Gasteiger partial charge in [-0.2, -0.15) is 0 Å². The summed E-state index contributed by atoms with van der Waals surface area (Å²) in [6.07, 6.45) is 2.67. The van der Waals surface area contributed by atoms with E-state index in [4.69, 9.17) is 5.73 Å². The van der Waals surface area contributed by atoms with Gasteiger partial charge in [-0.25, -0.2) is 0 Å². The fourth-order valence-electron chi connectivity index (χ4n) is 5.12. The average molecular weight is 420 g/mol. The minimum Gasteiger partial charge on any atom is -0.326 e. The van der Waals surface area contributed by atoms with Gasteiger partial charge in [-0.3, -0.25) is 9.80 Å². The van der Waals surface area contributed by atoms with E-state index in [0.29, 0.717) is 30.2 Å². The largest absolute Gasteiger partial charge is 0.326 e. The zero-order valence-electron chi connectivity index (χ0n) is 14.3. The van der Waals surface area contributed by atoms with Crippen LogP contribution in [0.3, 0.4) is 0 Å². The number of nitrogens with one attached hydrogen (secondary N) is 1. The number of rotatable bonds is 6. The highest BCUT2D eigenvalue weighted by Gasteiger charge is 2.46. The fraction of sp³-hybridized carbons (Fsp3) is 1.00. The summed E-state index contributed by atoms with van der Waals surface area (Å²) in [5.74, 6) is 1.55. The normalized spacial score (nSPS) is 44.0. The molecular formula is C17H33IN4. The maximum Gasteiger partial charge on any atom is 0.0269 e. The second kappa shape index (κ2) is 7.21. The Morgan fingerprint density at radius 3 is 2.64 bits per heavy atom. The summed E-state index contributed by atoms with van der Waals surface area (Å²) in [6, 6.07) is 3.00. The van der Waals surface area contributed by atoms with E-state index < -0.39 is 0 Å². The molecule has 22 heavy (non-hydrogen) atoms. The molecule has 0 aromatic carbocycles. The number of likely N-dealkylation sites (tertiary alicyclic amines) is 2. The van der Waals surface area contributed by atoms with Gasteiger partial charge in [0.1, 0.15) is 0 Å². The zero-order valence-corrected chi connectivity index (χ0v) is 16.5. The standard InChI is InChI=1S/C17H33IN4/c1-4-21-9-14(7-18)17(12(21)3)20-8-11(2)22-10-13-5-6-15(22)16(13)19/h11-17,20H,4-10,19H2,1-3H3/t11?,12-,13+,14-,15+,16+,17+/m1/s1. The molecule has 0 radical (unpaired) electrons. The molecule has 3 fully saturated rings. The Balaban J connectivity index is 1.53. The highest BCUT2D eigenvalue weighted by molar-refractivity contribution is 14.1. The molecule has 7 atom stereocenters. The van der Waals surface area contributed by atoms with E-state index in [-0.39, 0.29) is 0 Å². The number of hydrogen-bond donors (Lipinski definition) is 2. The van der Waals surface area contributed by atoms with Crippen molar-refractivity contribution in [3.8, 4) is 0 Å². The second-order valence-electron chi connectivity index (χ2n) is 7.70. The third-order valence-corrected chi connectivity index (χ3v) is 7.72. The first-order valence-electron chi connectivity index (χ1n) is 9.11. The number of alkyl halides is 1. The molecule has 128 valence electrons. The van der Waals surface area contributed by atoms with Gasteiger partial charge in [0.2, 0.25) is 0 Å². The first-order chi connectivity index (χ1) is 10.6. The minimum atomic E-state index is 0.436. The van der Waals surface area contributed by atoms with E-state index in [1.165, 1.54) is 36.9 Å². The Morgan fingerprint density at radius 1 is 1.32 bits per heavy atom. The van der Waals surface area contributed by atoms with Crippen molar-refractivity contribution in [3.63, 3.8) is 0 Å². The van der Waals surface area contributed by atoms with Gasteiger partial charge < -0.3 is 11.1 Å². The Morgan fingerprint density at radius 2 is 2.09 bits per heavy atom. The van der Waals surface area contributed by atoms with Crippen LogP contribution in [0.5, 0.6) is 0 Å². The molecule has 2 aliphatic heterocycles. The first-order valence-corrected chi connectivity index (χ1v) is 10.6. The van der Waals surface area contributed by atoms with Crippen LogP contribution in [-0.4, -0.2) is 70.6 Å². The maximum absolute atomic E-state index is 6.36. The van der Waals surface area contributed by atoms with Crippen molar-refractivity contribution in [1.82, 2.24) is 15.1 Å². The van der Waals surface area contributed by atoms with Crippen LogP contribution < -0.4 is 11.1 Å². The van der Waals surface area contributed by atoms with Gasteiger partial charge in [0.25, 0.3) is 0 Å². The Kier molecular flexibility index (Phi) is 5.70. The van der Waals surface area contributed by atoms with Crippen molar-refractivity contribution in [2.24, 2.45) is 17.6 Å². The molecule has 0 aromatic heterocycles. The maximum atomic E-state index is 6.36. The quantitative estimate of drug-likeness (QED) is 0.506. The first kappa shape index (κ1) is 17.4. The summed E-state index contributed by atoms with van der Waals surface area (Å²) in [5.41, 5.74) is 6.36. The van der Waals surface area contributed by atoms with E-state index in [2.05, 4.69) is 58.5 Å². The molecule has 1 aliphatic carbocycles. The summed E-state index contributed by atoms with van der Waals surface area (Å²) < 4.78 is 1.25. The van der Waals surface area contributed by atoms with Crippen molar-refractivity contribution in [2.45, 2.75) is 63.8 Å². The Hall–Kier alpha value is 0.570. The van der Waals surface area contributed by atoms with E-state index in [0.717, 1.165) is 18.4 Å². The molecule has 4 nitrogen and oxygen atoms in total. The lowest BCUT2D eigenvalue weighted by atomic mass is 10.0. The van der Waals surface area contributed by atoms with E-state index in [1.807, 2.05) is 0 Å². The highest BCUT2D eigenvalue weighted by Crippen LogP contribution is 2.37. The number of piperidine rings is 1. The van der Waals surface area contributed by atoms with Crippen molar-refractivity contribution in [1.29, 1.82) is 0 Å². The number of fused-ring (bicyclic) bond motifs is 2. The molecule has 0 spiro atoms. The molecule has 1 unspecified atom stereocenters. The summed E-state index contributed by atoms with van der Waals surface area (Å²) >= 11 is 2.56. The Bertz CT molecular complexity index is 378.